The first-order chi connectivity index (χ1) is 10.1. The lowest BCUT2D eigenvalue weighted by atomic mass is 10.2. The Morgan fingerprint density at radius 1 is 1.33 bits per heavy atom. The number of benzene rings is 2. The highest BCUT2D eigenvalue weighted by Gasteiger charge is 2.17. The molecule has 0 aliphatic rings. The zero-order valence-electron chi connectivity index (χ0n) is 11.0. The lowest BCUT2D eigenvalue weighted by Gasteiger charge is -2.03. The molecule has 3 aromatic rings. The van der Waals surface area contributed by atoms with Gasteiger partial charge in [0.05, 0.1) is 18.2 Å². The summed E-state index contributed by atoms with van der Waals surface area (Å²) in [5.74, 6) is -0.0384. The minimum Gasteiger partial charge on any atom is -0.497 e. The Kier molecular flexibility index (Phi) is 3.39. The Bertz CT molecular complexity index is 841. The van der Waals surface area contributed by atoms with E-state index in [9.17, 15) is 9.90 Å². The van der Waals surface area contributed by atoms with Gasteiger partial charge in [0.15, 0.2) is 5.58 Å². The van der Waals surface area contributed by atoms with Gasteiger partial charge in [-0.15, -0.1) is 0 Å². The summed E-state index contributed by atoms with van der Waals surface area (Å²) in [6.07, 6.45) is 0. The standard InChI is InChI=1S/C15H10BrNO4/c1-20-8-5-6-11(16)10(7-8)14-17-13-9(15(18)19)3-2-4-12(13)21-14/h2-7H,1H3,(H,18,19). The van der Waals surface area contributed by atoms with Gasteiger partial charge in [0.1, 0.15) is 11.3 Å². The van der Waals surface area contributed by atoms with Gasteiger partial charge in [-0.05, 0) is 46.3 Å². The minimum absolute atomic E-state index is 0.113. The largest absolute Gasteiger partial charge is 0.497 e. The number of fused-ring (bicyclic) bond motifs is 1. The first-order valence-corrected chi connectivity index (χ1v) is 6.86. The van der Waals surface area contributed by atoms with Crippen molar-refractivity contribution in [3.05, 3.63) is 46.4 Å². The van der Waals surface area contributed by atoms with Crippen LogP contribution in [0, 0.1) is 0 Å². The number of methoxy groups -OCH3 is 1. The van der Waals surface area contributed by atoms with Crippen LogP contribution in [-0.4, -0.2) is 23.2 Å². The van der Waals surface area contributed by atoms with E-state index in [1.54, 1.807) is 31.4 Å². The zero-order chi connectivity index (χ0) is 15.0. The number of hydrogen-bond donors (Lipinski definition) is 1. The number of rotatable bonds is 3. The van der Waals surface area contributed by atoms with Crippen molar-refractivity contribution in [1.82, 2.24) is 4.98 Å². The fourth-order valence-corrected chi connectivity index (χ4v) is 2.45. The van der Waals surface area contributed by atoms with Crippen molar-refractivity contribution in [2.24, 2.45) is 0 Å². The number of aromatic carboxylic acids is 1. The summed E-state index contributed by atoms with van der Waals surface area (Å²) in [7, 11) is 1.57. The topological polar surface area (TPSA) is 72.6 Å². The monoisotopic (exact) mass is 347 g/mol. The Hall–Kier alpha value is -2.34. The Labute approximate surface area is 128 Å². The molecule has 21 heavy (non-hydrogen) atoms. The van der Waals surface area contributed by atoms with Crippen LogP contribution < -0.4 is 4.74 Å². The van der Waals surface area contributed by atoms with Crippen molar-refractivity contribution in [1.29, 1.82) is 0 Å². The summed E-state index contributed by atoms with van der Waals surface area (Å²) in [6.45, 7) is 0. The van der Waals surface area contributed by atoms with Crippen LogP contribution in [0.2, 0.25) is 0 Å². The van der Waals surface area contributed by atoms with E-state index >= 15 is 0 Å². The zero-order valence-corrected chi connectivity index (χ0v) is 12.5. The summed E-state index contributed by atoms with van der Waals surface area (Å²) in [4.78, 5) is 15.5. The molecule has 1 aromatic heterocycles. The highest BCUT2D eigenvalue weighted by molar-refractivity contribution is 9.10. The lowest BCUT2D eigenvalue weighted by Crippen LogP contribution is -1.96. The van der Waals surface area contributed by atoms with Gasteiger partial charge in [-0.3, -0.25) is 0 Å². The molecule has 0 amide bonds. The van der Waals surface area contributed by atoms with E-state index in [1.807, 2.05) is 6.07 Å². The van der Waals surface area contributed by atoms with E-state index < -0.39 is 5.97 Å². The maximum atomic E-state index is 11.2. The molecule has 0 fully saturated rings. The van der Waals surface area contributed by atoms with Gasteiger partial charge in [-0.1, -0.05) is 6.07 Å². The third kappa shape index (κ3) is 2.38. The molecule has 0 atom stereocenters. The summed E-state index contributed by atoms with van der Waals surface area (Å²) < 4.78 is 11.6. The molecule has 0 bridgehead atoms. The Morgan fingerprint density at radius 2 is 2.14 bits per heavy atom. The third-order valence-electron chi connectivity index (χ3n) is 3.05. The van der Waals surface area contributed by atoms with E-state index in [0.717, 1.165) is 4.47 Å². The minimum atomic E-state index is -1.04. The van der Waals surface area contributed by atoms with Crippen LogP contribution in [0.4, 0.5) is 0 Å². The fraction of sp³-hybridized carbons (Fsp3) is 0.0667. The first kappa shape index (κ1) is 13.6. The van der Waals surface area contributed by atoms with E-state index in [1.165, 1.54) is 6.07 Å². The summed E-state index contributed by atoms with van der Waals surface area (Å²) >= 11 is 3.43. The van der Waals surface area contributed by atoms with E-state index in [4.69, 9.17) is 9.15 Å². The van der Waals surface area contributed by atoms with Gasteiger partial charge in [0.25, 0.3) is 0 Å². The van der Waals surface area contributed by atoms with Gasteiger partial charge < -0.3 is 14.3 Å². The van der Waals surface area contributed by atoms with Gasteiger partial charge in [0.2, 0.25) is 5.89 Å². The average molecular weight is 348 g/mol. The van der Waals surface area contributed by atoms with Crippen LogP contribution in [-0.2, 0) is 0 Å². The molecular formula is C15H10BrNO4. The Balaban J connectivity index is 2.22. The number of carboxylic acids is 1. The van der Waals surface area contributed by atoms with Crippen molar-refractivity contribution in [3.8, 4) is 17.2 Å². The number of aromatic nitrogens is 1. The van der Waals surface area contributed by atoms with Gasteiger partial charge in [-0.2, -0.15) is 0 Å². The molecule has 0 saturated carbocycles. The molecule has 0 aliphatic carbocycles. The quantitative estimate of drug-likeness (QED) is 0.776. The van der Waals surface area contributed by atoms with Gasteiger partial charge in [0, 0.05) is 4.47 Å². The molecule has 1 heterocycles. The maximum Gasteiger partial charge on any atom is 0.338 e. The summed E-state index contributed by atoms with van der Waals surface area (Å²) in [6, 6.07) is 10.2. The number of carbonyl (C=O) groups is 1. The average Bonchev–Trinajstić information content (AvgIpc) is 2.91. The second-order valence-electron chi connectivity index (χ2n) is 4.32. The highest BCUT2D eigenvalue weighted by atomic mass is 79.9. The second-order valence-corrected chi connectivity index (χ2v) is 5.18. The summed E-state index contributed by atoms with van der Waals surface area (Å²) in [5.41, 5.74) is 1.57. The van der Waals surface area contributed by atoms with Gasteiger partial charge >= 0.3 is 5.97 Å². The number of nitrogens with zero attached hydrogens (tertiary/aromatic N) is 1. The predicted octanol–water partition coefficient (Wildman–Crippen LogP) is 3.96. The van der Waals surface area contributed by atoms with Crippen LogP contribution in [0.25, 0.3) is 22.6 Å². The molecule has 0 aliphatic heterocycles. The molecule has 6 heteroatoms. The van der Waals surface area contributed by atoms with Gasteiger partial charge in [-0.25, -0.2) is 9.78 Å². The molecule has 3 rings (SSSR count). The van der Waals surface area contributed by atoms with E-state index in [-0.39, 0.29) is 5.56 Å². The number of para-hydroxylation sites is 1. The molecule has 5 nitrogen and oxygen atoms in total. The summed E-state index contributed by atoms with van der Waals surface area (Å²) in [5, 5.41) is 9.19. The van der Waals surface area contributed by atoms with Crippen LogP contribution in [0.15, 0.2) is 45.3 Å². The molecule has 0 radical (unpaired) electrons. The number of halogens is 1. The molecule has 0 saturated heterocycles. The molecule has 0 unspecified atom stereocenters. The number of oxazole rings is 1. The number of carboxylic acid groups (broad SMARTS) is 1. The molecule has 1 N–H and O–H groups in total. The predicted molar refractivity (Wildman–Crippen MR) is 80.7 cm³/mol. The number of ether oxygens (including phenoxy) is 1. The maximum absolute atomic E-state index is 11.2. The SMILES string of the molecule is COc1ccc(Br)c(-c2nc3c(C(=O)O)cccc3o2)c1. The fourth-order valence-electron chi connectivity index (χ4n) is 2.03. The van der Waals surface area contributed by atoms with Crippen LogP contribution in [0.3, 0.4) is 0 Å². The van der Waals surface area contributed by atoms with E-state index in [0.29, 0.717) is 28.3 Å². The van der Waals surface area contributed by atoms with Crippen molar-refractivity contribution >= 4 is 33.0 Å². The highest BCUT2D eigenvalue weighted by Crippen LogP contribution is 2.33. The molecular weight excluding hydrogens is 338 g/mol. The first-order valence-electron chi connectivity index (χ1n) is 6.07. The van der Waals surface area contributed by atoms with Crippen LogP contribution in [0.5, 0.6) is 5.75 Å². The number of hydrogen-bond acceptors (Lipinski definition) is 4. The van der Waals surface area contributed by atoms with Crippen molar-refractivity contribution in [3.63, 3.8) is 0 Å². The molecule has 0 spiro atoms. The smallest absolute Gasteiger partial charge is 0.338 e. The van der Waals surface area contributed by atoms with Crippen molar-refractivity contribution in [2.75, 3.05) is 7.11 Å². The lowest BCUT2D eigenvalue weighted by molar-refractivity contribution is 0.0699. The normalized spacial score (nSPS) is 10.8. The third-order valence-corrected chi connectivity index (χ3v) is 3.74. The Morgan fingerprint density at radius 3 is 2.86 bits per heavy atom. The van der Waals surface area contributed by atoms with Crippen LogP contribution in [0.1, 0.15) is 10.4 Å². The molecule has 2 aromatic carbocycles. The van der Waals surface area contributed by atoms with Crippen LogP contribution >= 0.6 is 15.9 Å². The van der Waals surface area contributed by atoms with Crippen molar-refractivity contribution < 1.29 is 19.1 Å². The van der Waals surface area contributed by atoms with Crippen molar-refractivity contribution in [2.45, 2.75) is 0 Å². The second kappa shape index (κ2) is 5.21. The molecule has 106 valence electrons. The van der Waals surface area contributed by atoms with E-state index in [2.05, 4.69) is 20.9 Å².